The highest BCUT2D eigenvalue weighted by molar-refractivity contribution is 7.15. The highest BCUT2D eigenvalue weighted by Gasteiger charge is 2.18. The van der Waals surface area contributed by atoms with Crippen LogP contribution in [0, 0.1) is 0 Å². The molecule has 1 fully saturated rings. The summed E-state index contributed by atoms with van der Waals surface area (Å²) < 4.78 is 2.06. The van der Waals surface area contributed by atoms with Crippen LogP contribution in [0.25, 0.3) is 4.96 Å². The van der Waals surface area contributed by atoms with Gasteiger partial charge in [0.25, 0.3) is 0 Å². The van der Waals surface area contributed by atoms with Crippen molar-refractivity contribution in [3.63, 3.8) is 0 Å². The maximum atomic E-state index is 9.59. The standard InChI is InChI=1S/C11H15N3OS/c15-10-2-1-3-13(8-10)6-9-7-14-4-5-16-11(14)12-9/h4-5,7,10,15H,1-3,6,8H2. The van der Waals surface area contributed by atoms with Crippen molar-refractivity contribution in [1.29, 1.82) is 0 Å². The van der Waals surface area contributed by atoms with E-state index in [9.17, 15) is 5.11 Å². The van der Waals surface area contributed by atoms with Gasteiger partial charge in [0.1, 0.15) is 0 Å². The van der Waals surface area contributed by atoms with E-state index in [4.69, 9.17) is 0 Å². The molecule has 3 rings (SSSR count). The Morgan fingerprint density at radius 2 is 2.50 bits per heavy atom. The summed E-state index contributed by atoms with van der Waals surface area (Å²) in [5.41, 5.74) is 1.10. The third-order valence-corrected chi connectivity index (χ3v) is 3.78. The SMILES string of the molecule is OC1CCCN(Cc2cn3ccsc3n2)C1. The molecule has 4 nitrogen and oxygen atoms in total. The van der Waals surface area contributed by atoms with Crippen molar-refractivity contribution in [2.45, 2.75) is 25.5 Å². The second kappa shape index (κ2) is 4.16. The average molecular weight is 237 g/mol. The first-order chi connectivity index (χ1) is 7.81. The van der Waals surface area contributed by atoms with Gasteiger partial charge in [0.05, 0.1) is 11.8 Å². The van der Waals surface area contributed by atoms with Gasteiger partial charge in [-0.25, -0.2) is 4.98 Å². The van der Waals surface area contributed by atoms with Gasteiger partial charge in [-0.15, -0.1) is 11.3 Å². The molecule has 2 aromatic rings. The van der Waals surface area contributed by atoms with Gasteiger partial charge in [-0.2, -0.15) is 0 Å². The molecule has 16 heavy (non-hydrogen) atoms. The molecule has 86 valence electrons. The largest absolute Gasteiger partial charge is 0.392 e. The maximum Gasteiger partial charge on any atom is 0.193 e. The van der Waals surface area contributed by atoms with E-state index in [1.807, 2.05) is 11.6 Å². The summed E-state index contributed by atoms with van der Waals surface area (Å²) in [5.74, 6) is 0. The zero-order chi connectivity index (χ0) is 11.0. The third-order valence-electron chi connectivity index (χ3n) is 3.01. The first-order valence-corrected chi connectivity index (χ1v) is 6.51. The van der Waals surface area contributed by atoms with Crippen LogP contribution in [-0.2, 0) is 6.54 Å². The normalized spacial score (nSPS) is 22.9. The Hall–Kier alpha value is -0.910. The van der Waals surface area contributed by atoms with E-state index < -0.39 is 0 Å². The lowest BCUT2D eigenvalue weighted by molar-refractivity contribution is 0.0663. The quantitative estimate of drug-likeness (QED) is 0.857. The highest BCUT2D eigenvalue weighted by atomic mass is 32.1. The molecule has 1 saturated heterocycles. The summed E-state index contributed by atoms with van der Waals surface area (Å²) >= 11 is 1.65. The van der Waals surface area contributed by atoms with Crippen molar-refractivity contribution in [1.82, 2.24) is 14.3 Å². The summed E-state index contributed by atoms with van der Waals surface area (Å²) in [7, 11) is 0. The van der Waals surface area contributed by atoms with Gasteiger partial charge in [-0.05, 0) is 19.4 Å². The molecule has 1 aliphatic heterocycles. The third kappa shape index (κ3) is 1.98. The number of aliphatic hydroxyl groups is 1. The molecular formula is C11H15N3OS. The van der Waals surface area contributed by atoms with Gasteiger partial charge >= 0.3 is 0 Å². The van der Waals surface area contributed by atoms with Gasteiger partial charge in [0.2, 0.25) is 0 Å². The number of thiazole rings is 1. The van der Waals surface area contributed by atoms with E-state index in [1.165, 1.54) is 0 Å². The molecule has 0 spiro atoms. The topological polar surface area (TPSA) is 40.8 Å². The Labute approximate surface area is 98.1 Å². The number of fused-ring (bicyclic) bond motifs is 1. The van der Waals surface area contributed by atoms with Crippen molar-refractivity contribution in [3.8, 4) is 0 Å². The zero-order valence-corrected chi connectivity index (χ0v) is 9.86. The van der Waals surface area contributed by atoms with E-state index in [2.05, 4.69) is 20.5 Å². The Kier molecular flexibility index (Phi) is 2.67. The number of piperidine rings is 1. The Morgan fingerprint density at radius 3 is 3.31 bits per heavy atom. The number of aromatic nitrogens is 2. The molecule has 0 bridgehead atoms. The summed E-state index contributed by atoms with van der Waals surface area (Å²) in [6.45, 7) is 2.71. The van der Waals surface area contributed by atoms with Crippen LogP contribution in [0.1, 0.15) is 18.5 Å². The summed E-state index contributed by atoms with van der Waals surface area (Å²) in [6.07, 6.45) is 5.98. The molecule has 1 aliphatic rings. The lowest BCUT2D eigenvalue weighted by atomic mass is 10.1. The molecule has 0 amide bonds. The van der Waals surface area contributed by atoms with Crippen LogP contribution in [0.4, 0.5) is 0 Å². The van der Waals surface area contributed by atoms with Gasteiger partial charge < -0.3 is 5.11 Å². The number of nitrogens with zero attached hydrogens (tertiary/aromatic N) is 3. The number of hydrogen-bond acceptors (Lipinski definition) is 4. The van der Waals surface area contributed by atoms with Crippen LogP contribution in [0.5, 0.6) is 0 Å². The van der Waals surface area contributed by atoms with E-state index in [-0.39, 0.29) is 6.10 Å². The van der Waals surface area contributed by atoms with Crippen molar-refractivity contribution in [2.24, 2.45) is 0 Å². The first kappa shape index (κ1) is 10.3. The second-order valence-electron chi connectivity index (χ2n) is 4.36. The Bertz CT molecular complexity index is 450. The fourth-order valence-corrected chi connectivity index (χ4v) is 2.98. The smallest absolute Gasteiger partial charge is 0.193 e. The zero-order valence-electron chi connectivity index (χ0n) is 9.04. The number of hydrogen-bond donors (Lipinski definition) is 1. The van der Waals surface area contributed by atoms with Crippen LogP contribution in [0.15, 0.2) is 17.8 Å². The fraction of sp³-hybridized carbons (Fsp3) is 0.545. The lowest BCUT2D eigenvalue weighted by Crippen LogP contribution is -2.37. The summed E-state index contributed by atoms with van der Waals surface area (Å²) in [6, 6.07) is 0. The maximum absolute atomic E-state index is 9.59. The Morgan fingerprint density at radius 1 is 1.56 bits per heavy atom. The molecule has 0 aromatic carbocycles. The van der Waals surface area contributed by atoms with E-state index in [0.29, 0.717) is 0 Å². The molecule has 1 unspecified atom stereocenters. The number of β-amino-alcohol motifs (C(OH)–C–C–N with tert-alkyl or cyclic N) is 1. The van der Waals surface area contributed by atoms with Crippen LogP contribution in [-0.4, -0.2) is 38.6 Å². The highest BCUT2D eigenvalue weighted by Crippen LogP contribution is 2.15. The molecule has 0 aliphatic carbocycles. The van der Waals surface area contributed by atoms with Crippen LogP contribution in [0.3, 0.4) is 0 Å². The molecule has 3 heterocycles. The summed E-state index contributed by atoms with van der Waals surface area (Å²) in [5, 5.41) is 11.6. The van der Waals surface area contributed by atoms with Crippen molar-refractivity contribution in [3.05, 3.63) is 23.5 Å². The molecule has 0 saturated carbocycles. The summed E-state index contributed by atoms with van der Waals surface area (Å²) in [4.78, 5) is 7.88. The van der Waals surface area contributed by atoms with E-state index in [1.54, 1.807) is 11.3 Å². The van der Waals surface area contributed by atoms with Crippen molar-refractivity contribution >= 4 is 16.3 Å². The fourth-order valence-electron chi connectivity index (χ4n) is 2.26. The number of aliphatic hydroxyl groups excluding tert-OH is 1. The minimum atomic E-state index is -0.155. The lowest BCUT2D eigenvalue weighted by Gasteiger charge is -2.29. The molecular weight excluding hydrogens is 222 g/mol. The predicted molar refractivity (Wildman–Crippen MR) is 63.6 cm³/mol. The van der Waals surface area contributed by atoms with E-state index >= 15 is 0 Å². The van der Waals surface area contributed by atoms with Gasteiger partial charge in [0, 0.05) is 30.9 Å². The second-order valence-corrected chi connectivity index (χ2v) is 5.23. The first-order valence-electron chi connectivity index (χ1n) is 5.63. The van der Waals surface area contributed by atoms with Gasteiger partial charge in [-0.1, -0.05) is 0 Å². The van der Waals surface area contributed by atoms with Gasteiger partial charge in [0.15, 0.2) is 4.96 Å². The molecule has 1 atom stereocenters. The predicted octanol–water partition coefficient (Wildman–Crippen LogP) is 1.35. The monoisotopic (exact) mass is 237 g/mol. The van der Waals surface area contributed by atoms with Crippen LogP contribution >= 0.6 is 11.3 Å². The minimum absolute atomic E-state index is 0.155. The number of rotatable bonds is 2. The number of likely N-dealkylation sites (tertiary alicyclic amines) is 1. The molecule has 1 N–H and O–H groups in total. The van der Waals surface area contributed by atoms with Crippen molar-refractivity contribution < 1.29 is 5.11 Å². The molecule has 5 heteroatoms. The number of imidazole rings is 1. The average Bonchev–Trinajstić information content (AvgIpc) is 2.77. The van der Waals surface area contributed by atoms with Crippen LogP contribution < -0.4 is 0 Å². The molecule has 2 aromatic heterocycles. The van der Waals surface area contributed by atoms with E-state index in [0.717, 1.165) is 43.1 Å². The van der Waals surface area contributed by atoms with Crippen molar-refractivity contribution in [2.75, 3.05) is 13.1 Å². The van der Waals surface area contributed by atoms with Crippen LogP contribution in [0.2, 0.25) is 0 Å². The Balaban J connectivity index is 1.71. The molecule has 0 radical (unpaired) electrons. The van der Waals surface area contributed by atoms with Gasteiger partial charge in [-0.3, -0.25) is 9.30 Å². The minimum Gasteiger partial charge on any atom is -0.392 e.